The minimum atomic E-state index is -0.634. The summed E-state index contributed by atoms with van der Waals surface area (Å²) in [7, 11) is 4.73. The number of carbonyl (C=O) groups excluding carboxylic acids is 3. The summed E-state index contributed by atoms with van der Waals surface area (Å²) in [6.45, 7) is 1.40. The summed E-state index contributed by atoms with van der Waals surface area (Å²) < 4.78 is 15.8. The molecule has 1 aromatic rings. The number of nitrogens with one attached hydrogen (secondary N) is 1. The van der Waals surface area contributed by atoms with Crippen LogP contribution in [0.2, 0.25) is 0 Å². The van der Waals surface area contributed by atoms with Crippen LogP contribution < -0.4 is 14.8 Å². The van der Waals surface area contributed by atoms with Crippen molar-refractivity contribution >= 4 is 23.4 Å². The van der Waals surface area contributed by atoms with Crippen LogP contribution in [0.3, 0.4) is 0 Å². The first kappa shape index (κ1) is 25.7. The number of carbonyl (C=O) groups is 3. The SMILES string of the molecule is COCCNC(=O)C(=O)N1CCC(N2N=C(c3ccc(OC)c(OC)c3)[C@H]3CC=CC[C@H]3C2=O)CC1. The Balaban J connectivity index is 1.52. The van der Waals surface area contributed by atoms with Crippen LogP contribution in [-0.2, 0) is 19.1 Å². The van der Waals surface area contributed by atoms with Crippen molar-refractivity contribution in [3.05, 3.63) is 35.9 Å². The van der Waals surface area contributed by atoms with Crippen molar-refractivity contribution in [2.75, 3.05) is 47.6 Å². The quantitative estimate of drug-likeness (QED) is 0.347. The van der Waals surface area contributed by atoms with Gasteiger partial charge in [-0.3, -0.25) is 14.4 Å². The van der Waals surface area contributed by atoms with E-state index < -0.39 is 11.8 Å². The van der Waals surface area contributed by atoms with Crippen LogP contribution in [0.25, 0.3) is 0 Å². The molecule has 1 fully saturated rings. The third kappa shape index (κ3) is 5.23. The number of amides is 3. The van der Waals surface area contributed by atoms with Gasteiger partial charge in [0.25, 0.3) is 0 Å². The Morgan fingerprint density at radius 3 is 2.39 bits per heavy atom. The number of hydrogen-bond donors (Lipinski definition) is 1. The summed E-state index contributed by atoms with van der Waals surface area (Å²) in [4.78, 5) is 39.7. The minimum absolute atomic E-state index is 0.00526. The maximum Gasteiger partial charge on any atom is 0.311 e. The van der Waals surface area contributed by atoms with Gasteiger partial charge in [0.2, 0.25) is 5.91 Å². The lowest BCUT2D eigenvalue weighted by Gasteiger charge is -2.42. The number of hydrogen-bond acceptors (Lipinski definition) is 7. The van der Waals surface area contributed by atoms with Gasteiger partial charge in [-0.2, -0.15) is 5.10 Å². The van der Waals surface area contributed by atoms with E-state index in [2.05, 4.69) is 17.5 Å². The summed E-state index contributed by atoms with van der Waals surface area (Å²) in [6.07, 6.45) is 6.71. The molecule has 1 saturated heterocycles. The number of methoxy groups -OCH3 is 3. The Hall–Kier alpha value is -3.40. The standard InChI is InChI=1S/C26H34N4O6/c1-34-15-12-27-24(31)26(33)29-13-10-18(11-14-29)30-25(32)20-7-5-4-6-19(20)23(28-30)17-8-9-21(35-2)22(16-17)36-3/h4-5,8-9,16,18-20H,6-7,10-15H2,1-3H3,(H,27,31)/t19-,20+/m0/s1. The topological polar surface area (TPSA) is 110 Å². The molecule has 2 aliphatic heterocycles. The zero-order chi connectivity index (χ0) is 25.7. The van der Waals surface area contributed by atoms with Crippen molar-refractivity contribution in [3.8, 4) is 11.5 Å². The summed E-state index contributed by atoms with van der Waals surface area (Å²) >= 11 is 0. The Kier molecular flexibility index (Phi) is 8.25. The van der Waals surface area contributed by atoms with Gasteiger partial charge in [-0.15, -0.1) is 0 Å². The number of allylic oxidation sites excluding steroid dienone is 2. The van der Waals surface area contributed by atoms with Crippen LogP contribution in [0.4, 0.5) is 0 Å². The molecule has 0 radical (unpaired) electrons. The summed E-state index contributed by atoms with van der Waals surface area (Å²) in [5, 5.41) is 9.10. The van der Waals surface area contributed by atoms with E-state index in [0.29, 0.717) is 50.5 Å². The molecule has 3 aliphatic rings. The number of ether oxygens (including phenoxy) is 3. The van der Waals surface area contributed by atoms with Crippen molar-refractivity contribution in [1.82, 2.24) is 15.2 Å². The van der Waals surface area contributed by atoms with E-state index in [9.17, 15) is 14.4 Å². The molecule has 36 heavy (non-hydrogen) atoms. The molecule has 2 heterocycles. The van der Waals surface area contributed by atoms with Gasteiger partial charge >= 0.3 is 11.8 Å². The molecule has 1 N–H and O–H groups in total. The van der Waals surface area contributed by atoms with E-state index in [-0.39, 0.29) is 30.3 Å². The fourth-order valence-corrected chi connectivity index (χ4v) is 5.13. The zero-order valence-electron chi connectivity index (χ0n) is 21.1. The van der Waals surface area contributed by atoms with Gasteiger partial charge in [0.05, 0.1) is 38.5 Å². The largest absolute Gasteiger partial charge is 0.493 e. The third-order valence-corrected chi connectivity index (χ3v) is 7.10. The van der Waals surface area contributed by atoms with Crippen molar-refractivity contribution in [3.63, 3.8) is 0 Å². The number of nitrogens with zero attached hydrogens (tertiary/aromatic N) is 3. The molecule has 1 aliphatic carbocycles. The maximum atomic E-state index is 13.5. The molecule has 194 valence electrons. The second kappa shape index (κ2) is 11.6. The van der Waals surface area contributed by atoms with Crippen molar-refractivity contribution in [1.29, 1.82) is 0 Å². The maximum absolute atomic E-state index is 13.5. The molecule has 10 heteroatoms. The second-order valence-corrected chi connectivity index (χ2v) is 9.17. The van der Waals surface area contributed by atoms with Crippen molar-refractivity contribution in [2.45, 2.75) is 31.7 Å². The van der Waals surface area contributed by atoms with Gasteiger partial charge in [-0.05, 0) is 43.9 Å². The first-order valence-corrected chi connectivity index (χ1v) is 12.3. The van der Waals surface area contributed by atoms with E-state index in [1.54, 1.807) is 19.2 Å². The lowest BCUT2D eigenvalue weighted by Crippen LogP contribution is -2.54. The van der Waals surface area contributed by atoms with Crippen LogP contribution in [0.15, 0.2) is 35.5 Å². The Labute approximate surface area is 211 Å². The molecule has 10 nitrogen and oxygen atoms in total. The van der Waals surface area contributed by atoms with Crippen molar-refractivity contribution < 1.29 is 28.6 Å². The molecule has 4 rings (SSSR count). The Bertz CT molecular complexity index is 1050. The lowest BCUT2D eigenvalue weighted by molar-refractivity contribution is -0.148. The normalized spacial score (nSPS) is 22.1. The minimum Gasteiger partial charge on any atom is -0.493 e. The zero-order valence-corrected chi connectivity index (χ0v) is 21.1. The molecular weight excluding hydrogens is 464 g/mol. The highest BCUT2D eigenvalue weighted by atomic mass is 16.5. The third-order valence-electron chi connectivity index (χ3n) is 7.10. The van der Waals surface area contributed by atoms with Crippen LogP contribution in [0, 0.1) is 11.8 Å². The van der Waals surface area contributed by atoms with Gasteiger partial charge in [0, 0.05) is 38.2 Å². The summed E-state index contributed by atoms with van der Waals surface area (Å²) in [6, 6.07) is 5.57. The molecule has 0 spiro atoms. The van der Waals surface area contributed by atoms with Gasteiger partial charge in [-0.1, -0.05) is 12.2 Å². The summed E-state index contributed by atoms with van der Waals surface area (Å²) in [5.41, 5.74) is 1.76. The number of piperidine rings is 1. The molecule has 0 saturated carbocycles. The molecule has 2 atom stereocenters. The smallest absolute Gasteiger partial charge is 0.311 e. The van der Waals surface area contributed by atoms with Gasteiger partial charge < -0.3 is 24.4 Å². The van der Waals surface area contributed by atoms with Crippen LogP contribution in [-0.4, -0.2) is 87.0 Å². The molecule has 3 amide bonds. The van der Waals surface area contributed by atoms with E-state index in [0.717, 1.165) is 17.7 Å². The van der Waals surface area contributed by atoms with E-state index in [1.807, 2.05) is 18.2 Å². The van der Waals surface area contributed by atoms with E-state index in [4.69, 9.17) is 19.3 Å². The average Bonchev–Trinajstić information content (AvgIpc) is 2.93. The first-order valence-electron chi connectivity index (χ1n) is 12.3. The molecule has 0 aromatic heterocycles. The van der Waals surface area contributed by atoms with Gasteiger partial charge in [0.15, 0.2) is 11.5 Å². The predicted molar refractivity (Wildman–Crippen MR) is 133 cm³/mol. The molecular formula is C26H34N4O6. The number of fused-ring (bicyclic) bond motifs is 1. The Morgan fingerprint density at radius 1 is 1.03 bits per heavy atom. The Morgan fingerprint density at radius 2 is 1.72 bits per heavy atom. The number of hydrazone groups is 1. The fraction of sp³-hybridized carbons (Fsp3) is 0.538. The second-order valence-electron chi connectivity index (χ2n) is 9.17. The number of benzene rings is 1. The van der Waals surface area contributed by atoms with Crippen LogP contribution in [0.5, 0.6) is 11.5 Å². The fourth-order valence-electron chi connectivity index (χ4n) is 5.13. The van der Waals surface area contributed by atoms with E-state index >= 15 is 0 Å². The van der Waals surface area contributed by atoms with Crippen LogP contribution >= 0.6 is 0 Å². The average molecular weight is 499 g/mol. The number of likely N-dealkylation sites (tertiary alicyclic amines) is 1. The van der Waals surface area contributed by atoms with Gasteiger partial charge in [0.1, 0.15) is 0 Å². The summed E-state index contributed by atoms with van der Waals surface area (Å²) in [5.74, 6) is -0.105. The van der Waals surface area contributed by atoms with Crippen molar-refractivity contribution in [2.24, 2.45) is 16.9 Å². The molecule has 1 aromatic carbocycles. The highest BCUT2D eigenvalue weighted by Crippen LogP contribution is 2.38. The van der Waals surface area contributed by atoms with Gasteiger partial charge in [-0.25, -0.2) is 5.01 Å². The van der Waals surface area contributed by atoms with E-state index in [1.165, 1.54) is 12.0 Å². The molecule has 0 bridgehead atoms. The first-order chi connectivity index (χ1) is 17.5. The molecule has 0 unspecified atom stereocenters. The highest BCUT2D eigenvalue weighted by Gasteiger charge is 2.43. The highest BCUT2D eigenvalue weighted by molar-refractivity contribution is 6.35. The van der Waals surface area contributed by atoms with Crippen LogP contribution in [0.1, 0.15) is 31.2 Å². The lowest BCUT2D eigenvalue weighted by atomic mass is 9.76. The monoisotopic (exact) mass is 498 g/mol. The predicted octanol–water partition coefficient (Wildman–Crippen LogP) is 1.59. The number of rotatable bonds is 7.